The molecular formula is C15H18ClNO. The first-order valence-electron chi connectivity index (χ1n) is 6.12. The molecule has 0 saturated carbocycles. The minimum atomic E-state index is 0.560. The maximum Gasteiger partial charge on any atom is 0.0642 e. The normalized spacial score (nSPS) is 16.8. The molecule has 18 heavy (non-hydrogen) atoms. The van der Waals surface area contributed by atoms with E-state index >= 15 is 0 Å². The number of halogens is 1. The van der Waals surface area contributed by atoms with E-state index in [0.717, 1.165) is 31.9 Å². The summed E-state index contributed by atoms with van der Waals surface area (Å²) < 4.78 is 5.35. The summed E-state index contributed by atoms with van der Waals surface area (Å²) in [5, 5.41) is 0.560. The fourth-order valence-corrected chi connectivity index (χ4v) is 2.24. The second-order valence-corrected chi connectivity index (χ2v) is 4.91. The molecule has 1 saturated heterocycles. The molecule has 0 N–H and O–H groups in total. The van der Waals surface area contributed by atoms with Crippen molar-refractivity contribution in [2.24, 2.45) is 0 Å². The summed E-state index contributed by atoms with van der Waals surface area (Å²) in [6, 6.07) is 8.54. The molecule has 0 spiro atoms. The molecule has 3 heteroatoms. The van der Waals surface area contributed by atoms with Gasteiger partial charge in [0, 0.05) is 23.8 Å². The van der Waals surface area contributed by atoms with Crippen molar-refractivity contribution in [3.05, 3.63) is 47.5 Å². The van der Waals surface area contributed by atoms with Crippen LogP contribution in [0, 0.1) is 0 Å². The van der Waals surface area contributed by atoms with E-state index in [-0.39, 0.29) is 0 Å². The van der Waals surface area contributed by atoms with Crippen molar-refractivity contribution in [2.75, 3.05) is 31.2 Å². The molecule has 1 aromatic carbocycles. The van der Waals surface area contributed by atoms with Gasteiger partial charge in [-0.25, -0.2) is 0 Å². The summed E-state index contributed by atoms with van der Waals surface area (Å²) in [4.78, 5) is 2.34. The highest BCUT2D eigenvalue weighted by Gasteiger charge is 2.10. The molecule has 1 fully saturated rings. The van der Waals surface area contributed by atoms with Crippen LogP contribution in [-0.4, -0.2) is 26.3 Å². The van der Waals surface area contributed by atoms with Crippen LogP contribution in [-0.2, 0) is 4.74 Å². The maximum atomic E-state index is 5.78. The summed E-state index contributed by atoms with van der Waals surface area (Å²) in [5.74, 6) is 0. The van der Waals surface area contributed by atoms with Crippen LogP contribution in [0.5, 0.6) is 0 Å². The Morgan fingerprint density at radius 1 is 1.28 bits per heavy atom. The lowest BCUT2D eigenvalue weighted by Crippen LogP contribution is -2.36. The standard InChI is InChI=1S/C15H18ClNO/c1-12(11-13(2)16)14-3-5-15(6-4-14)17-7-9-18-10-8-17/h3-6,11H,2,7-10H2,1H3. The Morgan fingerprint density at radius 2 is 1.89 bits per heavy atom. The molecule has 1 aliphatic rings. The summed E-state index contributed by atoms with van der Waals surface area (Å²) in [7, 11) is 0. The van der Waals surface area contributed by atoms with Crippen LogP contribution in [0.4, 0.5) is 5.69 Å². The molecule has 96 valence electrons. The zero-order chi connectivity index (χ0) is 13.0. The number of hydrogen-bond donors (Lipinski definition) is 0. The first-order valence-corrected chi connectivity index (χ1v) is 6.50. The van der Waals surface area contributed by atoms with Crippen LogP contribution >= 0.6 is 11.6 Å². The van der Waals surface area contributed by atoms with Gasteiger partial charge in [-0.3, -0.25) is 0 Å². The molecule has 2 rings (SSSR count). The van der Waals surface area contributed by atoms with Gasteiger partial charge in [-0.15, -0.1) is 0 Å². The third-order valence-electron chi connectivity index (χ3n) is 3.07. The molecule has 0 amide bonds. The van der Waals surface area contributed by atoms with Crippen LogP contribution in [0.15, 0.2) is 42.0 Å². The minimum absolute atomic E-state index is 0.560. The summed E-state index contributed by atoms with van der Waals surface area (Å²) >= 11 is 5.78. The SMILES string of the molecule is C=C(Cl)C=C(C)c1ccc(N2CCOCC2)cc1. The number of benzene rings is 1. The van der Waals surface area contributed by atoms with E-state index in [0.29, 0.717) is 5.03 Å². The zero-order valence-electron chi connectivity index (χ0n) is 10.7. The van der Waals surface area contributed by atoms with Gasteiger partial charge in [-0.05, 0) is 36.3 Å². The summed E-state index contributed by atoms with van der Waals surface area (Å²) in [6.07, 6.45) is 1.88. The quantitative estimate of drug-likeness (QED) is 0.772. The fraction of sp³-hybridized carbons (Fsp3) is 0.333. The van der Waals surface area contributed by atoms with Gasteiger partial charge >= 0.3 is 0 Å². The molecule has 1 aromatic rings. The Balaban J connectivity index is 2.12. The number of anilines is 1. The number of rotatable bonds is 3. The van der Waals surface area contributed by atoms with Crippen LogP contribution in [0.2, 0.25) is 0 Å². The van der Waals surface area contributed by atoms with E-state index in [1.807, 2.05) is 13.0 Å². The Morgan fingerprint density at radius 3 is 2.44 bits per heavy atom. The monoisotopic (exact) mass is 263 g/mol. The Labute approximate surface area is 114 Å². The van der Waals surface area contributed by atoms with Gasteiger partial charge in [0.1, 0.15) is 0 Å². The van der Waals surface area contributed by atoms with E-state index in [1.54, 1.807) is 0 Å². The maximum absolute atomic E-state index is 5.78. The van der Waals surface area contributed by atoms with Crippen molar-refractivity contribution in [1.82, 2.24) is 0 Å². The van der Waals surface area contributed by atoms with Crippen molar-refractivity contribution in [3.63, 3.8) is 0 Å². The average Bonchev–Trinajstić information content (AvgIpc) is 2.39. The van der Waals surface area contributed by atoms with Crippen LogP contribution in [0.25, 0.3) is 5.57 Å². The van der Waals surface area contributed by atoms with Gasteiger partial charge in [0.2, 0.25) is 0 Å². The molecule has 0 radical (unpaired) electrons. The number of allylic oxidation sites excluding steroid dienone is 3. The van der Waals surface area contributed by atoms with Crippen molar-refractivity contribution < 1.29 is 4.74 Å². The topological polar surface area (TPSA) is 12.5 Å². The first kappa shape index (κ1) is 13.2. The van der Waals surface area contributed by atoms with Crippen LogP contribution < -0.4 is 4.90 Å². The summed E-state index contributed by atoms with van der Waals surface area (Å²) in [6.45, 7) is 9.27. The Bertz CT molecular complexity index is 444. The Hall–Kier alpha value is -1.25. The third-order valence-corrected chi connectivity index (χ3v) is 3.18. The fourth-order valence-electron chi connectivity index (χ4n) is 2.07. The van der Waals surface area contributed by atoms with Gasteiger partial charge in [0.15, 0.2) is 0 Å². The van der Waals surface area contributed by atoms with Crippen molar-refractivity contribution >= 4 is 22.9 Å². The minimum Gasteiger partial charge on any atom is -0.378 e. The first-order chi connectivity index (χ1) is 8.66. The summed E-state index contributed by atoms with van der Waals surface area (Å²) in [5.41, 5.74) is 3.55. The molecule has 0 aromatic heterocycles. The second kappa shape index (κ2) is 6.07. The lowest BCUT2D eigenvalue weighted by atomic mass is 10.1. The number of nitrogens with zero attached hydrogens (tertiary/aromatic N) is 1. The number of hydrogen-bond acceptors (Lipinski definition) is 2. The third kappa shape index (κ3) is 3.37. The number of morpholine rings is 1. The van der Waals surface area contributed by atoms with Crippen molar-refractivity contribution in [1.29, 1.82) is 0 Å². The van der Waals surface area contributed by atoms with E-state index in [4.69, 9.17) is 16.3 Å². The molecule has 1 heterocycles. The van der Waals surface area contributed by atoms with Gasteiger partial charge in [0.25, 0.3) is 0 Å². The molecule has 0 unspecified atom stereocenters. The van der Waals surface area contributed by atoms with E-state index in [2.05, 4.69) is 35.7 Å². The lowest BCUT2D eigenvalue weighted by Gasteiger charge is -2.28. The van der Waals surface area contributed by atoms with Crippen molar-refractivity contribution in [2.45, 2.75) is 6.92 Å². The smallest absolute Gasteiger partial charge is 0.0642 e. The molecular weight excluding hydrogens is 246 g/mol. The molecule has 1 aliphatic heterocycles. The van der Waals surface area contributed by atoms with Crippen LogP contribution in [0.1, 0.15) is 12.5 Å². The van der Waals surface area contributed by atoms with Crippen LogP contribution in [0.3, 0.4) is 0 Å². The second-order valence-electron chi connectivity index (χ2n) is 4.42. The predicted molar refractivity (Wildman–Crippen MR) is 78.1 cm³/mol. The molecule has 2 nitrogen and oxygen atoms in total. The highest BCUT2D eigenvalue weighted by molar-refractivity contribution is 6.31. The van der Waals surface area contributed by atoms with E-state index in [9.17, 15) is 0 Å². The van der Waals surface area contributed by atoms with Gasteiger partial charge < -0.3 is 9.64 Å². The number of ether oxygens (including phenoxy) is 1. The lowest BCUT2D eigenvalue weighted by molar-refractivity contribution is 0.122. The molecule has 0 atom stereocenters. The molecule has 0 bridgehead atoms. The highest BCUT2D eigenvalue weighted by atomic mass is 35.5. The average molecular weight is 264 g/mol. The Kier molecular flexibility index (Phi) is 4.45. The van der Waals surface area contributed by atoms with Crippen molar-refractivity contribution in [3.8, 4) is 0 Å². The van der Waals surface area contributed by atoms with Gasteiger partial charge in [-0.1, -0.05) is 30.3 Å². The zero-order valence-corrected chi connectivity index (χ0v) is 11.4. The predicted octanol–water partition coefficient (Wildman–Crippen LogP) is 3.68. The molecule has 0 aliphatic carbocycles. The largest absolute Gasteiger partial charge is 0.378 e. The van der Waals surface area contributed by atoms with Gasteiger partial charge in [-0.2, -0.15) is 0 Å². The van der Waals surface area contributed by atoms with Gasteiger partial charge in [0.05, 0.1) is 13.2 Å². The van der Waals surface area contributed by atoms with E-state index < -0.39 is 0 Å². The highest BCUT2D eigenvalue weighted by Crippen LogP contribution is 2.21. The van der Waals surface area contributed by atoms with E-state index in [1.165, 1.54) is 11.3 Å².